The van der Waals surface area contributed by atoms with Crippen molar-refractivity contribution in [3.8, 4) is 11.1 Å². The van der Waals surface area contributed by atoms with E-state index >= 15 is 0 Å². The molecule has 0 amide bonds. The topological polar surface area (TPSA) is 22.9 Å². The number of rotatable bonds is 6. The molecule has 1 aliphatic carbocycles. The Bertz CT molecular complexity index is 3670. The average molecular weight is 982 g/mol. The zero-order valence-electron chi connectivity index (χ0n) is 46.8. The van der Waals surface area contributed by atoms with Gasteiger partial charge in [-0.15, -0.1) is 0 Å². The molecule has 0 spiro atoms. The van der Waals surface area contributed by atoms with Crippen LogP contribution in [0, 0.1) is 27.7 Å². The summed E-state index contributed by atoms with van der Waals surface area (Å²) in [5.41, 5.74) is 27.5. The van der Waals surface area contributed by atoms with Crippen molar-refractivity contribution in [1.29, 1.82) is 0 Å². The van der Waals surface area contributed by atoms with Crippen LogP contribution in [0.1, 0.15) is 127 Å². The molecular formula is C70H72BN3O. The zero-order chi connectivity index (χ0) is 52.7. The fourth-order valence-corrected chi connectivity index (χ4v) is 12.8. The summed E-state index contributed by atoms with van der Waals surface area (Å²) in [6.07, 6.45) is 2.26. The quantitative estimate of drug-likeness (QED) is 0.155. The third-order valence-corrected chi connectivity index (χ3v) is 17.2. The number of furan rings is 1. The SMILES string of the molecule is Cc1ccc(C)c(-c2ccc(N3c4cc(N(c5ccccc5)c5ccccc5)cc5c4B(c4cc(C(C)(C)C)ccc4N5c4c(C)cc(C(C)(C)C)cc4C)c4oc5cc6c(cc5c43)C(C)(C)CCC6(C)C)cc2)c1. The van der Waals surface area contributed by atoms with E-state index in [1.807, 2.05) is 0 Å². The summed E-state index contributed by atoms with van der Waals surface area (Å²) in [6, 6.07) is 60.0. The molecule has 4 nitrogen and oxygen atoms in total. The lowest BCUT2D eigenvalue weighted by molar-refractivity contribution is 0.332. The molecule has 376 valence electrons. The van der Waals surface area contributed by atoms with Gasteiger partial charge in [0.2, 0.25) is 0 Å². The molecule has 5 heteroatoms. The molecule has 0 N–H and O–H groups in total. The van der Waals surface area contributed by atoms with Crippen LogP contribution in [0.25, 0.3) is 22.1 Å². The lowest BCUT2D eigenvalue weighted by Crippen LogP contribution is -2.61. The fraction of sp³-hybridized carbons (Fsp3) is 0.286. The van der Waals surface area contributed by atoms with E-state index in [0.29, 0.717) is 0 Å². The van der Waals surface area contributed by atoms with Gasteiger partial charge in [-0.2, -0.15) is 0 Å². The second-order valence-electron chi connectivity index (χ2n) is 25.6. The highest BCUT2D eigenvalue weighted by atomic mass is 16.3. The number of fused-ring (bicyclic) bond motifs is 7. The van der Waals surface area contributed by atoms with E-state index in [1.54, 1.807) is 0 Å². The van der Waals surface area contributed by atoms with Gasteiger partial charge in [-0.3, -0.25) is 0 Å². The molecule has 3 heterocycles. The molecule has 3 aliphatic rings. The second-order valence-corrected chi connectivity index (χ2v) is 25.6. The maximum Gasteiger partial charge on any atom is 0.297 e. The summed E-state index contributed by atoms with van der Waals surface area (Å²) in [7, 11) is 0. The smallest absolute Gasteiger partial charge is 0.297 e. The lowest BCUT2D eigenvalue weighted by Gasteiger charge is -2.44. The molecule has 0 saturated heterocycles. The van der Waals surface area contributed by atoms with Crippen LogP contribution in [-0.4, -0.2) is 6.71 Å². The van der Waals surface area contributed by atoms with E-state index in [4.69, 9.17) is 4.42 Å². The Hall–Kier alpha value is -7.24. The van der Waals surface area contributed by atoms with E-state index < -0.39 is 0 Å². The molecule has 0 unspecified atom stereocenters. The van der Waals surface area contributed by atoms with Crippen molar-refractivity contribution in [2.45, 2.75) is 131 Å². The highest BCUT2D eigenvalue weighted by Crippen LogP contribution is 2.54. The summed E-state index contributed by atoms with van der Waals surface area (Å²) >= 11 is 0. The molecule has 75 heavy (non-hydrogen) atoms. The standard InChI is InChI=1S/C70H72BN3O/c1-43-25-26-44(2)54(35-43)47-27-30-52(31-28-47)73-60-39-53(72(50-21-17-15-18-22-50)51-23-19-16-20-24-51)40-61-63(60)71(66-65(73)55-41-56-57(42-62(55)75-66)70(13,14)34-33-69(56,11)12)58-38-48(67(5,6)7)29-32-59(58)74(61)64-45(3)36-49(37-46(64)4)68(8,9)10/h15-32,35-42H,33-34H2,1-14H3. The van der Waals surface area contributed by atoms with E-state index in [1.165, 1.54) is 77.9 Å². The van der Waals surface area contributed by atoms with Crippen LogP contribution in [0.15, 0.2) is 162 Å². The Kier molecular flexibility index (Phi) is 11.1. The largest absolute Gasteiger partial charge is 0.468 e. The number of anilines is 9. The maximum absolute atomic E-state index is 7.71. The number of benzene rings is 8. The highest BCUT2D eigenvalue weighted by Gasteiger charge is 2.49. The molecule has 1 aromatic heterocycles. The summed E-state index contributed by atoms with van der Waals surface area (Å²) in [6.45, 7) is 32.5. The van der Waals surface area contributed by atoms with Crippen molar-refractivity contribution in [1.82, 2.24) is 0 Å². The van der Waals surface area contributed by atoms with Crippen molar-refractivity contribution in [2.24, 2.45) is 0 Å². The summed E-state index contributed by atoms with van der Waals surface area (Å²) in [5, 5.41) is 1.16. The third-order valence-electron chi connectivity index (χ3n) is 17.2. The molecule has 0 bridgehead atoms. The van der Waals surface area contributed by atoms with Gasteiger partial charge in [0.15, 0.2) is 0 Å². The maximum atomic E-state index is 7.71. The summed E-state index contributed by atoms with van der Waals surface area (Å²) in [4.78, 5) is 7.63. The predicted molar refractivity (Wildman–Crippen MR) is 322 cm³/mol. The van der Waals surface area contributed by atoms with Gasteiger partial charge in [-0.05, 0) is 190 Å². The van der Waals surface area contributed by atoms with Gasteiger partial charge in [0.25, 0.3) is 6.71 Å². The van der Waals surface area contributed by atoms with Crippen LogP contribution in [0.2, 0.25) is 0 Å². The third kappa shape index (κ3) is 7.94. The zero-order valence-corrected chi connectivity index (χ0v) is 46.8. The Morgan fingerprint density at radius 1 is 0.507 bits per heavy atom. The van der Waals surface area contributed by atoms with Crippen LogP contribution >= 0.6 is 0 Å². The Morgan fingerprint density at radius 2 is 1.08 bits per heavy atom. The van der Waals surface area contributed by atoms with Crippen molar-refractivity contribution < 1.29 is 4.42 Å². The molecule has 9 aromatic rings. The number of aryl methyl sites for hydroxylation is 4. The van der Waals surface area contributed by atoms with Gasteiger partial charge in [-0.1, -0.05) is 166 Å². The molecule has 0 radical (unpaired) electrons. The Morgan fingerprint density at radius 3 is 1.67 bits per heavy atom. The molecule has 0 atom stereocenters. The first-order chi connectivity index (χ1) is 35.6. The number of hydrogen-bond acceptors (Lipinski definition) is 4. The van der Waals surface area contributed by atoms with Gasteiger partial charge in [0.1, 0.15) is 5.58 Å². The van der Waals surface area contributed by atoms with E-state index in [-0.39, 0.29) is 28.4 Å². The molecule has 2 aliphatic heterocycles. The van der Waals surface area contributed by atoms with Crippen LogP contribution in [0.3, 0.4) is 0 Å². The van der Waals surface area contributed by atoms with Gasteiger partial charge in [0, 0.05) is 39.5 Å². The van der Waals surface area contributed by atoms with Crippen LogP contribution in [-0.2, 0) is 21.7 Å². The molecule has 0 saturated carbocycles. The van der Waals surface area contributed by atoms with Gasteiger partial charge < -0.3 is 19.1 Å². The lowest BCUT2D eigenvalue weighted by atomic mass is 9.35. The minimum absolute atomic E-state index is 0.00204. The van der Waals surface area contributed by atoms with Crippen molar-refractivity contribution in [3.05, 3.63) is 202 Å². The number of nitrogens with zero attached hydrogens (tertiary/aromatic N) is 3. The Labute approximate surface area is 447 Å². The number of para-hydroxylation sites is 2. The van der Waals surface area contributed by atoms with Crippen LogP contribution in [0.5, 0.6) is 0 Å². The molecular weight excluding hydrogens is 910 g/mol. The molecule has 0 fully saturated rings. The first-order valence-electron chi connectivity index (χ1n) is 27.3. The van der Waals surface area contributed by atoms with E-state index in [2.05, 4.69) is 269 Å². The normalized spacial score (nSPS) is 15.4. The van der Waals surface area contributed by atoms with Gasteiger partial charge >= 0.3 is 0 Å². The minimum atomic E-state index is -0.208. The van der Waals surface area contributed by atoms with Crippen LogP contribution in [0.4, 0.5) is 51.2 Å². The van der Waals surface area contributed by atoms with E-state index in [0.717, 1.165) is 69.3 Å². The predicted octanol–water partition coefficient (Wildman–Crippen LogP) is 17.8. The minimum Gasteiger partial charge on any atom is -0.468 e. The van der Waals surface area contributed by atoms with Crippen molar-refractivity contribution in [2.75, 3.05) is 14.7 Å². The highest BCUT2D eigenvalue weighted by molar-refractivity contribution is 7.00. The molecule has 8 aromatic carbocycles. The second kappa shape index (κ2) is 17.1. The van der Waals surface area contributed by atoms with Crippen molar-refractivity contribution >= 4 is 85.5 Å². The van der Waals surface area contributed by atoms with Crippen molar-refractivity contribution in [3.63, 3.8) is 0 Å². The Balaban J connectivity index is 1.24. The summed E-state index contributed by atoms with van der Waals surface area (Å²) in [5.74, 6) is 0. The van der Waals surface area contributed by atoms with Gasteiger partial charge in [0.05, 0.1) is 22.7 Å². The first kappa shape index (κ1) is 48.7. The fourth-order valence-electron chi connectivity index (χ4n) is 12.8. The average Bonchev–Trinajstić information content (AvgIpc) is 3.93. The van der Waals surface area contributed by atoms with Gasteiger partial charge in [-0.25, -0.2) is 0 Å². The summed E-state index contributed by atoms with van der Waals surface area (Å²) < 4.78 is 7.71. The first-order valence-corrected chi connectivity index (χ1v) is 27.3. The van der Waals surface area contributed by atoms with E-state index in [9.17, 15) is 0 Å². The number of hydrogen-bond donors (Lipinski definition) is 0. The monoisotopic (exact) mass is 982 g/mol. The molecule has 12 rings (SSSR count). The van der Waals surface area contributed by atoms with Crippen LogP contribution < -0.4 is 31.3 Å².